The van der Waals surface area contributed by atoms with Crippen molar-refractivity contribution in [3.8, 4) is 5.75 Å². The number of hydrogen-bond acceptors (Lipinski definition) is 3. The first kappa shape index (κ1) is 18.7. The number of aliphatic carboxylic acids is 1. The van der Waals surface area contributed by atoms with Crippen molar-refractivity contribution in [3.63, 3.8) is 0 Å². The van der Waals surface area contributed by atoms with E-state index in [4.69, 9.17) is 21.4 Å². The predicted octanol–water partition coefficient (Wildman–Crippen LogP) is 4.79. The highest BCUT2D eigenvalue weighted by Gasteiger charge is 2.27. The van der Waals surface area contributed by atoms with Crippen molar-refractivity contribution in [1.82, 2.24) is 5.32 Å². The molecule has 2 N–H and O–H groups in total. The van der Waals surface area contributed by atoms with Gasteiger partial charge in [0.1, 0.15) is 5.75 Å². The summed E-state index contributed by atoms with van der Waals surface area (Å²) in [7, 11) is 0. The summed E-state index contributed by atoms with van der Waals surface area (Å²) in [6, 6.07) is 16.6. The van der Waals surface area contributed by atoms with Gasteiger partial charge in [-0.2, -0.15) is 0 Å². The summed E-state index contributed by atoms with van der Waals surface area (Å²) >= 11 is 6.09. The van der Waals surface area contributed by atoms with Gasteiger partial charge in [0.2, 0.25) is 0 Å². The third kappa shape index (κ3) is 4.99. The molecule has 0 radical (unpaired) electrons. The Morgan fingerprint density at radius 3 is 2.73 bits per heavy atom. The highest BCUT2D eigenvalue weighted by molar-refractivity contribution is 6.30. The lowest BCUT2D eigenvalue weighted by atomic mass is 9.97. The number of ether oxygens (including phenoxy) is 1. The van der Waals surface area contributed by atoms with Crippen LogP contribution in [0.3, 0.4) is 0 Å². The second-order valence-corrected chi connectivity index (χ2v) is 7.34. The van der Waals surface area contributed by atoms with Gasteiger partial charge in [-0.1, -0.05) is 35.9 Å². The third-order valence-electron chi connectivity index (χ3n) is 4.98. The van der Waals surface area contributed by atoms with Gasteiger partial charge < -0.3 is 15.2 Å². The summed E-state index contributed by atoms with van der Waals surface area (Å²) in [6.45, 7) is 1.86. The van der Waals surface area contributed by atoms with Gasteiger partial charge in [0.25, 0.3) is 0 Å². The largest absolute Gasteiger partial charge is 0.482 e. The number of benzene rings is 2. The van der Waals surface area contributed by atoms with Crippen molar-refractivity contribution in [2.24, 2.45) is 0 Å². The van der Waals surface area contributed by atoms with E-state index in [1.54, 1.807) is 0 Å². The van der Waals surface area contributed by atoms with Crippen molar-refractivity contribution in [2.75, 3.05) is 6.61 Å². The Labute approximate surface area is 159 Å². The van der Waals surface area contributed by atoms with Crippen molar-refractivity contribution in [1.29, 1.82) is 0 Å². The molecule has 3 rings (SSSR count). The van der Waals surface area contributed by atoms with Crippen molar-refractivity contribution in [3.05, 3.63) is 64.7 Å². The maximum atomic E-state index is 10.6. The van der Waals surface area contributed by atoms with Crippen molar-refractivity contribution in [2.45, 2.75) is 44.2 Å². The molecular formula is C21H24ClNO3. The maximum Gasteiger partial charge on any atom is 0.341 e. The minimum absolute atomic E-state index is 0.268. The summed E-state index contributed by atoms with van der Waals surface area (Å²) < 4.78 is 5.19. The number of halogens is 1. The molecule has 0 aromatic heterocycles. The van der Waals surface area contributed by atoms with Crippen LogP contribution in [0.5, 0.6) is 5.75 Å². The zero-order chi connectivity index (χ0) is 18.5. The Bertz CT molecular complexity index is 747. The standard InChI is InChI=1S/C21H24ClNO3/c1-14(16-3-2-4-18(22)11-16)23-19-8-5-17(12-19)15-6-9-20(10-7-15)26-13-21(24)25/h2-4,6-7,9-11,14,17,19,23H,5,8,12-13H2,1H3,(H,24,25)/t14-,17?,19?/m1/s1. The van der Waals surface area contributed by atoms with Crippen LogP contribution in [0, 0.1) is 0 Å². The predicted molar refractivity (Wildman–Crippen MR) is 103 cm³/mol. The van der Waals surface area contributed by atoms with Gasteiger partial charge in [0.15, 0.2) is 6.61 Å². The summed E-state index contributed by atoms with van der Waals surface area (Å²) in [4.78, 5) is 10.6. The van der Waals surface area contributed by atoms with Crippen LogP contribution in [0.25, 0.3) is 0 Å². The summed E-state index contributed by atoms with van der Waals surface area (Å²) in [5.41, 5.74) is 2.49. The molecule has 2 aromatic carbocycles. The first-order valence-corrected chi connectivity index (χ1v) is 9.35. The van der Waals surface area contributed by atoms with E-state index in [0.29, 0.717) is 17.7 Å². The molecule has 0 bridgehead atoms. The molecule has 2 aromatic rings. The molecule has 1 aliphatic carbocycles. The summed E-state index contributed by atoms with van der Waals surface area (Å²) in [5.74, 6) is 0.151. The normalized spacial score (nSPS) is 20.7. The molecule has 3 atom stereocenters. The molecule has 0 aliphatic heterocycles. The van der Waals surface area contributed by atoms with E-state index < -0.39 is 5.97 Å². The Kier molecular flexibility index (Phi) is 6.17. The lowest BCUT2D eigenvalue weighted by Crippen LogP contribution is -2.29. The van der Waals surface area contributed by atoms with Crippen molar-refractivity contribution >= 4 is 17.6 Å². The van der Waals surface area contributed by atoms with Gasteiger partial charge in [-0.25, -0.2) is 4.79 Å². The van der Waals surface area contributed by atoms with E-state index in [9.17, 15) is 4.79 Å². The third-order valence-corrected chi connectivity index (χ3v) is 5.22. The second kappa shape index (κ2) is 8.56. The monoisotopic (exact) mass is 373 g/mol. The highest BCUT2D eigenvalue weighted by atomic mass is 35.5. The van der Waals surface area contributed by atoms with Gasteiger partial charge in [0.05, 0.1) is 0 Å². The molecule has 0 heterocycles. The Morgan fingerprint density at radius 1 is 1.27 bits per heavy atom. The van der Waals surface area contributed by atoms with Gasteiger partial charge in [-0.05, 0) is 67.5 Å². The molecule has 0 saturated heterocycles. The quantitative estimate of drug-likeness (QED) is 0.732. The van der Waals surface area contributed by atoms with Crippen LogP contribution >= 0.6 is 11.6 Å². The fourth-order valence-electron chi connectivity index (χ4n) is 3.64. The van der Waals surface area contributed by atoms with E-state index in [1.165, 1.54) is 11.1 Å². The molecule has 1 aliphatic rings. The minimum Gasteiger partial charge on any atom is -0.482 e. The zero-order valence-electron chi connectivity index (χ0n) is 14.8. The first-order valence-electron chi connectivity index (χ1n) is 8.97. The number of carboxylic acids is 1. The topological polar surface area (TPSA) is 58.6 Å². The number of nitrogens with one attached hydrogen (secondary N) is 1. The van der Waals surface area contributed by atoms with E-state index >= 15 is 0 Å². The zero-order valence-corrected chi connectivity index (χ0v) is 15.6. The number of rotatable bonds is 7. The molecule has 26 heavy (non-hydrogen) atoms. The van der Waals surface area contributed by atoms with E-state index in [0.717, 1.165) is 24.3 Å². The van der Waals surface area contributed by atoms with Crippen molar-refractivity contribution < 1.29 is 14.6 Å². The van der Waals surface area contributed by atoms with Gasteiger partial charge in [0, 0.05) is 17.1 Å². The SMILES string of the molecule is C[C@@H](NC1CCC(c2ccc(OCC(=O)O)cc2)C1)c1cccc(Cl)c1. The molecule has 2 unspecified atom stereocenters. The van der Waals surface area contributed by atoms with Crippen LogP contribution in [-0.2, 0) is 4.79 Å². The Morgan fingerprint density at radius 2 is 2.04 bits per heavy atom. The van der Waals surface area contributed by atoms with Crippen LogP contribution in [-0.4, -0.2) is 23.7 Å². The second-order valence-electron chi connectivity index (χ2n) is 6.90. The van der Waals surface area contributed by atoms with E-state index in [-0.39, 0.29) is 12.6 Å². The molecular weight excluding hydrogens is 350 g/mol. The summed E-state index contributed by atoms with van der Waals surface area (Å²) in [6.07, 6.45) is 3.39. The van der Waals surface area contributed by atoms with Gasteiger partial charge in [-0.15, -0.1) is 0 Å². The molecule has 4 nitrogen and oxygen atoms in total. The lowest BCUT2D eigenvalue weighted by molar-refractivity contribution is -0.139. The fourth-order valence-corrected chi connectivity index (χ4v) is 3.84. The van der Waals surface area contributed by atoms with Crippen LogP contribution in [0.4, 0.5) is 0 Å². The fraction of sp³-hybridized carbons (Fsp3) is 0.381. The maximum absolute atomic E-state index is 10.6. The lowest BCUT2D eigenvalue weighted by Gasteiger charge is -2.20. The Balaban J connectivity index is 1.54. The molecule has 138 valence electrons. The van der Waals surface area contributed by atoms with Gasteiger partial charge >= 0.3 is 5.97 Å². The van der Waals surface area contributed by atoms with Gasteiger partial charge in [-0.3, -0.25) is 0 Å². The van der Waals surface area contributed by atoms with E-state index in [1.807, 2.05) is 42.5 Å². The summed E-state index contributed by atoms with van der Waals surface area (Å²) in [5, 5.41) is 13.1. The average Bonchev–Trinajstić information content (AvgIpc) is 3.09. The minimum atomic E-state index is -0.965. The molecule has 0 spiro atoms. The van der Waals surface area contributed by atoms with Crippen LogP contribution in [0.15, 0.2) is 48.5 Å². The van der Waals surface area contributed by atoms with Crippen LogP contribution in [0.2, 0.25) is 5.02 Å². The highest BCUT2D eigenvalue weighted by Crippen LogP contribution is 2.36. The van der Waals surface area contributed by atoms with Crippen LogP contribution < -0.4 is 10.1 Å². The molecule has 0 amide bonds. The van der Waals surface area contributed by atoms with Crippen LogP contribution in [0.1, 0.15) is 49.3 Å². The average molecular weight is 374 g/mol. The Hall–Kier alpha value is -2.04. The number of carboxylic acid groups (broad SMARTS) is 1. The first-order chi connectivity index (χ1) is 12.5. The molecule has 5 heteroatoms. The smallest absolute Gasteiger partial charge is 0.341 e. The number of hydrogen-bond donors (Lipinski definition) is 2. The van der Waals surface area contributed by atoms with E-state index in [2.05, 4.69) is 18.3 Å². The molecule has 1 saturated carbocycles. The number of carbonyl (C=O) groups is 1. The molecule has 1 fully saturated rings.